The van der Waals surface area contributed by atoms with Gasteiger partial charge in [0.25, 0.3) is 0 Å². The first-order valence-corrected chi connectivity index (χ1v) is 8.15. The number of hydrogen-bond donors (Lipinski definition) is 1. The van der Waals surface area contributed by atoms with Crippen molar-refractivity contribution in [2.75, 3.05) is 6.54 Å². The van der Waals surface area contributed by atoms with E-state index in [1.165, 1.54) is 28.0 Å². The van der Waals surface area contributed by atoms with Crippen LogP contribution in [0.15, 0.2) is 53.4 Å². The van der Waals surface area contributed by atoms with Crippen LogP contribution in [0.1, 0.15) is 29.7 Å². The van der Waals surface area contributed by atoms with Gasteiger partial charge in [-0.3, -0.25) is 0 Å². The molecular weight excluding hydrogens is 262 g/mol. The van der Waals surface area contributed by atoms with E-state index < -0.39 is 0 Å². The molecule has 1 unspecified atom stereocenters. The van der Waals surface area contributed by atoms with Crippen LogP contribution < -0.4 is 5.32 Å². The molecule has 0 saturated heterocycles. The Hall–Kier alpha value is -1.25. The molecule has 0 radical (unpaired) electrons. The molecule has 0 aromatic heterocycles. The maximum atomic E-state index is 3.68. The summed E-state index contributed by atoms with van der Waals surface area (Å²) in [5, 5.41) is 4.35. The second-order valence-corrected chi connectivity index (χ2v) is 6.94. The van der Waals surface area contributed by atoms with Gasteiger partial charge in [0.15, 0.2) is 0 Å². The van der Waals surface area contributed by atoms with Crippen molar-refractivity contribution >= 4 is 11.8 Å². The molecular formula is C18H21NS. The van der Waals surface area contributed by atoms with E-state index >= 15 is 0 Å². The van der Waals surface area contributed by atoms with Gasteiger partial charge < -0.3 is 5.32 Å². The van der Waals surface area contributed by atoms with Crippen molar-refractivity contribution < 1.29 is 0 Å². The van der Waals surface area contributed by atoms with Gasteiger partial charge in [-0.05, 0) is 37.5 Å². The molecule has 0 aliphatic carbocycles. The van der Waals surface area contributed by atoms with Gasteiger partial charge in [-0.25, -0.2) is 0 Å². The van der Waals surface area contributed by atoms with Crippen LogP contribution in [0.4, 0.5) is 0 Å². The van der Waals surface area contributed by atoms with E-state index in [4.69, 9.17) is 0 Å². The molecule has 0 fully saturated rings. The molecule has 20 heavy (non-hydrogen) atoms. The zero-order valence-corrected chi connectivity index (χ0v) is 12.9. The van der Waals surface area contributed by atoms with Crippen LogP contribution in [-0.4, -0.2) is 11.8 Å². The molecule has 3 rings (SSSR count). The minimum absolute atomic E-state index is 0.416. The van der Waals surface area contributed by atoms with Crippen LogP contribution in [0.2, 0.25) is 0 Å². The molecule has 104 valence electrons. The molecule has 1 aliphatic heterocycles. The van der Waals surface area contributed by atoms with E-state index in [0.29, 0.717) is 11.3 Å². The smallest absolute Gasteiger partial charge is 0.0292 e. The highest BCUT2D eigenvalue weighted by Crippen LogP contribution is 2.36. The Morgan fingerprint density at radius 3 is 2.85 bits per heavy atom. The van der Waals surface area contributed by atoms with E-state index in [1.54, 1.807) is 0 Å². The fourth-order valence-corrected chi connectivity index (χ4v) is 3.99. The van der Waals surface area contributed by atoms with Crippen molar-refractivity contribution in [1.29, 1.82) is 0 Å². The van der Waals surface area contributed by atoms with Crippen molar-refractivity contribution in [2.45, 2.75) is 36.5 Å². The summed E-state index contributed by atoms with van der Waals surface area (Å²) in [6, 6.07) is 18.0. The monoisotopic (exact) mass is 283 g/mol. The Balaban J connectivity index is 1.56. The van der Waals surface area contributed by atoms with Crippen LogP contribution in [0, 0.1) is 6.92 Å². The molecule has 2 aromatic rings. The summed E-state index contributed by atoms with van der Waals surface area (Å²) in [5.74, 6) is 0. The van der Waals surface area contributed by atoms with E-state index in [2.05, 4.69) is 67.7 Å². The van der Waals surface area contributed by atoms with Crippen molar-refractivity contribution in [3.05, 3.63) is 65.2 Å². The van der Waals surface area contributed by atoms with Crippen LogP contribution in [0.25, 0.3) is 0 Å². The van der Waals surface area contributed by atoms with Gasteiger partial charge in [0.05, 0.1) is 0 Å². The summed E-state index contributed by atoms with van der Waals surface area (Å²) in [7, 11) is 0. The third-order valence-corrected chi connectivity index (χ3v) is 5.23. The Labute approximate surface area is 125 Å². The highest BCUT2D eigenvalue weighted by Gasteiger charge is 2.21. The standard InChI is InChI=1S/C18H21NS/c1-13-6-5-8-15(10-13)14(2)19-12-17-11-16-7-3-4-9-18(16)20-17/h3-10,14,17,19H,11-12H2,1-2H3/t14-,17?/m0/s1. The molecule has 0 spiro atoms. The molecule has 2 atom stereocenters. The van der Waals surface area contributed by atoms with Crippen molar-refractivity contribution in [3.63, 3.8) is 0 Å². The SMILES string of the molecule is Cc1cccc([C@H](C)NCC2Cc3ccccc3S2)c1. The second kappa shape index (κ2) is 6.02. The van der Waals surface area contributed by atoms with E-state index in [0.717, 1.165) is 6.54 Å². The quantitative estimate of drug-likeness (QED) is 0.894. The van der Waals surface area contributed by atoms with E-state index in [-0.39, 0.29) is 0 Å². The van der Waals surface area contributed by atoms with E-state index in [9.17, 15) is 0 Å². The molecule has 2 aromatic carbocycles. The average Bonchev–Trinajstić information content (AvgIpc) is 2.87. The second-order valence-electron chi connectivity index (χ2n) is 5.60. The lowest BCUT2D eigenvalue weighted by molar-refractivity contribution is 0.567. The molecule has 0 saturated carbocycles. The zero-order valence-electron chi connectivity index (χ0n) is 12.1. The molecule has 1 aliphatic rings. The molecule has 1 N–H and O–H groups in total. The van der Waals surface area contributed by atoms with Gasteiger partial charge >= 0.3 is 0 Å². The first kappa shape index (κ1) is 13.7. The summed E-state index contributed by atoms with van der Waals surface area (Å²) in [6.45, 7) is 5.47. The largest absolute Gasteiger partial charge is 0.309 e. The van der Waals surface area contributed by atoms with Crippen molar-refractivity contribution in [3.8, 4) is 0 Å². The van der Waals surface area contributed by atoms with Crippen LogP contribution >= 0.6 is 11.8 Å². The number of fused-ring (bicyclic) bond motifs is 1. The normalized spacial score (nSPS) is 18.8. The highest BCUT2D eigenvalue weighted by atomic mass is 32.2. The van der Waals surface area contributed by atoms with Gasteiger partial charge in [-0.15, -0.1) is 11.8 Å². The molecule has 1 nitrogen and oxygen atoms in total. The Kier molecular flexibility index (Phi) is 4.13. The minimum Gasteiger partial charge on any atom is -0.309 e. The molecule has 1 heterocycles. The molecule has 0 bridgehead atoms. The lowest BCUT2D eigenvalue weighted by atomic mass is 10.1. The Morgan fingerprint density at radius 2 is 2.05 bits per heavy atom. The zero-order chi connectivity index (χ0) is 13.9. The summed E-state index contributed by atoms with van der Waals surface area (Å²) in [4.78, 5) is 1.46. The number of aryl methyl sites for hydroxylation is 1. The van der Waals surface area contributed by atoms with Crippen molar-refractivity contribution in [2.24, 2.45) is 0 Å². The summed E-state index contributed by atoms with van der Waals surface area (Å²) in [6.07, 6.45) is 1.19. The number of hydrogen-bond acceptors (Lipinski definition) is 2. The van der Waals surface area contributed by atoms with Gasteiger partial charge in [0.2, 0.25) is 0 Å². The molecule has 0 amide bonds. The lowest BCUT2D eigenvalue weighted by Gasteiger charge is -2.17. The fraction of sp³-hybridized carbons (Fsp3) is 0.333. The third-order valence-electron chi connectivity index (χ3n) is 3.91. The average molecular weight is 283 g/mol. The van der Waals surface area contributed by atoms with Crippen LogP contribution in [-0.2, 0) is 6.42 Å². The first-order valence-electron chi connectivity index (χ1n) is 7.27. The highest BCUT2D eigenvalue weighted by molar-refractivity contribution is 8.00. The maximum absolute atomic E-state index is 3.68. The first-order chi connectivity index (χ1) is 9.72. The number of thioether (sulfide) groups is 1. The van der Waals surface area contributed by atoms with Gasteiger partial charge in [0.1, 0.15) is 0 Å². The molecule has 2 heteroatoms. The Bertz CT molecular complexity index is 568. The van der Waals surface area contributed by atoms with Crippen LogP contribution in [0.3, 0.4) is 0 Å². The predicted octanol–water partition coefficient (Wildman–Crippen LogP) is 4.36. The topological polar surface area (TPSA) is 12.0 Å². The van der Waals surface area contributed by atoms with Crippen LogP contribution in [0.5, 0.6) is 0 Å². The summed E-state index contributed by atoms with van der Waals surface area (Å²) < 4.78 is 0. The van der Waals surface area contributed by atoms with Gasteiger partial charge in [0, 0.05) is 22.7 Å². The van der Waals surface area contributed by atoms with Gasteiger partial charge in [-0.2, -0.15) is 0 Å². The van der Waals surface area contributed by atoms with Crippen molar-refractivity contribution in [1.82, 2.24) is 5.32 Å². The number of benzene rings is 2. The summed E-state index contributed by atoms with van der Waals surface area (Å²) in [5.41, 5.74) is 4.22. The fourth-order valence-electron chi connectivity index (χ4n) is 2.73. The third kappa shape index (κ3) is 3.08. The number of nitrogens with one attached hydrogen (secondary N) is 1. The summed E-state index contributed by atoms with van der Waals surface area (Å²) >= 11 is 2.01. The van der Waals surface area contributed by atoms with Gasteiger partial charge in [-0.1, -0.05) is 48.0 Å². The lowest BCUT2D eigenvalue weighted by Crippen LogP contribution is -2.27. The van der Waals surface area contributed by atoms with E-state index in [1.807, 2.05) is 11.8 Å². The predicted molar refractivity (Wildman–Crippen MR) is 87.4 cm³/mol. The maximum Gasteiger partial charge on any atom is 0.0292 e. The minimum atomic E-state index is 0.416. The number of rotatable bonds is 4. The Morgan fingerprint density at radius 1 is 1.20 bits per heavy atom.